The number of amides is 1. The van der Waals surface area contributed by atoms with E-state index in [9.17, 15) is 13.2 Å². The topological polar surface area (TPSA) is 75.7 Å². The molecule has 0 unspecified atom stereocenters. The van der Waals surface area contributed by atoms with Crippen LogP contribution < -0.4 is 9.46 Å². The van der Waals surface area contributed by atoms with Gasteiger partial charge in [-0.25, -0.2) is 8.42 Å². The minimum atomic E-state index is -3.73. The highest BCUT2D eigenvalue weighted by Crippen LogP contribution is 2.20. The van der Waals surface area contributed by atoms with Gasteiger partial charge in [0.2, 0.25) is 0 Å². The fourth-order valence-electron chi connectivity index (χ4n) is 2.50. The third-order valence-corrected chi connectivity index (χ3v) is 5.14. The van der Waals surface area contributed by atoms with Crippen LogP contribution in [0.4, 0.5) is 5.69 Å². The van der Waals surface area contributed by atoms with Crippen LogP contribution >= 0.6 is 0 Å². The third kappa shape index (κ3) is 4.98. The number of carbonyl (C=O) groups excluding carboxylic acids is 1. The second kappa shape index (κ2) is 8.23. The van der Waals surface area contributed by atoms with Crippen LogP contribution in [-0.2, 0) is 10.0 Å². The lowest BCUT2D eigenvalue weighted by atomic mass is 10.1. The van der Waals surface area contributed by atoms with Gasteiger partial charge in [-0.15, -0.1) is 0 Å². The maximum absolute atomic E-state index is 12.5. The number of benzene rings is 2. The average molecular weight is 376 g/mol. The number of carbonyl (C=O) groups is 1. The predicted octanol–water partition coefficient (Wildman–Crippen LogP) is 3.22. The first-order valence-electron chi connectivity index (χ1n) is 8.25. The Morgan fingerprint density at radius 3 is 2.15 bits per heavy atom. The number of hydrogen-bond donors (Lipinski definition) is 1. The SMILES string of the molecule is COc1ccc(NS(=O)(=O)c2ccc(C(=O)N(C)CC(C)C)cc2)cc1. The van der Waals surface area contributed by atoms with E-state index in [0.717, 1.165) is 0 Å². The highest BCUT2D eigenvalue weighted by Gasteiger charge is 2.17. The Hall–Kier alpha value is -2.54. The lowest BCUT2D eigenvalue weighted by Crippen LogP contribution is -2.30. The predicted molar refractivity (Wildman–Crippen MR) is 102 cm³/mol. The molecule has 0 atom stereocenters. The highest BCUT2D eigenvalue weighted by molar-refractivity contribution is 7.92. The zero-order valence-corrected chi connectivity index (χ0v) is 16.2. The highest BCUT2D eigenvalue weighted by atomic mass is 32.2. The first-order chi connectivity index (χ1) is 12.2. The molecule has 1 N–H and O–H groups in total. The van der Waals surface area contributed by atoms with E-state index in [-0.39, 0.29) is 10.8 Å². The molecule has 0 aliphatic heterocycles. The van der Waals surface area contributed by atoms with Crippen LogP contribution in [0.5, 0.6) is 5.75 Å². The van der Waals surface area contributed by atoms with Gasteiger partial charge in [0.1, 0.15) is 5.75 Å². The Morgan fingerprint density at radius 1 is 1.08 bits per heavy atom. The molecule has 1 amide bonds. The van der Waals surface area contributed by atoms with E-state index in [2.05, 4.69) is 4.72 Å². The van der Waals surface area contributed by atoms with Crippen molar-refractivity contribution in [2.45, 2.75) is 18.7 Å². The molecule has 2 rings (SSSR count). The number of nitrogens with zero attached hydrogens (tertiary/aromatic N) is 1. The van der Waals surface area contributed by atoms with E-state index in [1.807, 2.05) is 13.8 Å². The lowest BCUT2D eigenvalue weighted by molar-refractivity contribution is 0.0779. The zero-order chi connectivity index (χ0) is 19.3. The molecule has 0 heterocycles. The Bertz CT molecular complexity index is 844. The second-order valence-corrected chi connectivity index (χ2v) is 8.12. The van der Waals surface area contributed by atoms with Crippen LogP contribution in [0.25, 0.3) is 0 Å². The van der Waals surface area contributed by atoms with E-state index in [1.54, 1.807) is 43.3 Å². The molecule has 2 aromatic rings. The third-order valence-electron chi connectivity index (χ3n) is 3.74. The van der Waals surface area contributed by atoms with Crippen molar-refractivity contribution in [3.8, 4) is 5.75 Å². The van der Waals surface area contributed by atoms with E-state index in [4.69, 9.17) is 4.74 Å². The van der Waals surface area contributed by atoms with Crippen molar-refractivity contribution in [1.29, 1.82) is 0 Å². The van der Waals surface area contributed by atoms with Gasteiger partial charge in [-0.1, -0.05) is 13.8 Å². The fraction of sp³-hybridized carbons (Fsp3) is 0.316. The van der Waals surface area contributed by atoms with Gasteiger partial charge in [0.05, 0.1) is 12.0 Å². The quantitative estimate of drug-likeness (QED) is 0.805. The summed E-state index contributed by atoms with van der Waals surface area (Å²) < 4.78 is 32.5. The average Bonchev–Trinajstić information content (AvgIpc) is 2.61. The maximum Gasteiger partial charge on any atom is 0.261 e. The molecule has 0 aromatic heterocycles. The molecule has 140 valence electrons. The number of anilines is 1. The number of rotatable bonds is 7. The summed E-state index contributed by atoms with van der Waals surface area (Å²) in [5.74, 6) is 0.865. The van der Waals surface area contributed by atoms with Gasteiger partial charge in [-0.2, -0.15) is 0 Å². The van der Waals surface area contributed by atoms with Gasteiger partial charge in [-0.05, 0) is 54.4 Å². The molecule has 6 nitrogen and oxygen atoms in total. The number of ether oxygens (including phenoxy) is 1. The Labute approximate surface area is 154 Å². The molecule has 0 aliphatic carbocycles. The van der Waals surface area contributed by atoms with Gasteiger partial charge in [0.25, 0.3) is 15.9 Å². The molecule has 0 saturated heterocycles. The van der Waals surface area contributed by atoms with Crippen LogP contribution in [0.3, 0.4) is 0 Å². The van der Waals surface area contributed by atoms with Gasteiger partial charge in [0, 0.05) is 24.8 Å². The van der Waals surface area contributed by atoms with Crippen molar-refractivity contribution in [2.75, 3.05) is 25.4 Å². The van der Waals surface area contributed by atoms with Gasteiger partial charge in [-0.3, -0.25) is 9.52 Å². The lowest BCUT2D eigenvalue weighted by Gasteiger charge is -2.19. The van der Waals surface area contributed by atoms with Crippen molar-refractivity contribution in [3.63, 3.8) is 0 Å². The zero-order valence-electron chi connectivity index (χ0n) is 15.4. The van der Waals surface area contributed by atoms with E-state index >= 15 is 0 Å². The molecule has 0 bridgehead atoms. The van der Waals surface area contributed by atoms with E-state index in [0.29, 0.717) is 29.5 Å². The number of methoxy groups -OCH3 is 1. The summed E-state index contributed by atoms with van der Waals surface area (Å²) in [5, 5.41) is 0. The smallest absolute Gasteiger partial charge is 0.261 e. The first-order valence-corrected chi connectivity index (χ1v) is 9.73. The summed E-state index contributed by atoms with van der Waals surface area (Å²) in [6.45, 7) is 4.70. The van der Waals surface area contributed by atoms with Crippen LogP contribution in [0.1, 0.15) is 24.2 Å². The summed E-state index contributed by atoms with van der Waals surface area (Å²) in [6.07, 6.45) is 0. The molecule has 0 aliphatic rings. The van der Waals surface area contributed by atoms with Crippen LogP contribution in [0.2, 0.25) is 0 Å². The minimum Gasteiger partial charge on any atom is -0.497 e. The Balaban J connectivity index is 2.13. The molecule has 7 heteroatoms. The first kappa shape index (κ1) is 19.8. The Kier molecular flexibility index (Phi) is 6.26. The van der Waals surface area contributed by atoms with Gasteiger partial charge >= 0.3 is 0 Å². The minimum absolute atomic E-state index is 0.0939. The van der Waals surface area contributed by atoms with Crippen LogP contribution in [0, 0.1) is 5.92 Å². The maximum atomic E-state index is 12.5. The molecule has 0 saturated carbocycles. The van der Waals surface area contributed by atoms with E-state index < -0.39 is 10.0 Å². The summed E-state index contributed by atoms with van der Waals surface area (Å²) in [5.41, 5.74) is 0.888. The normalized spacial score (nSPS) is 11.3. The molecule has 26 heavy (non-hydrogen) atoms. The number of nitrogens with one attached hydrogen (secondary N) is 1. The number of hydrogen-bond acceptors (Lipinski definition) is 4. The molecule has 0 fully saturated rings. The molecular formula is C19H24N2O4S. The molecule has 2 aromatic carbocycles. The largest absolute Gasteiger partial charge is 0.497 e. The molecule has 0 spiro atoms. The van der Waals surface area contributed by atoms with Crippen LogP contribution in [-0.4, -0.2) is 39.9 Å². The van der Waals surface area contributed by atoms with Crippen molar-refractivity contribution in [3.05, 3.63) is 54.1 Å². The standard InChI is InChI=1S/C19H24N2O4S/c1-14(2)13-21(3)19(22)15-5-11-18(12-6-15)26(23,24)20-16-7-9-17(25-4)10-8-16/h5-12,14,20H,13H2,1-4H3. The fourth-order valence-corrected chi connectivity index (χ4v) is 3.56. The second-order valence-electron chi connectivity index (χ2n) is 6.44. The summed E-state index contributed by atoms with van der Waals surface area (Å²) in [6, 6.07) is 12.5. The van der Waals surface area contributed by atoms with Crippen molar-refractivity contribution < 1.29 is 17.9 Å². The summed E-state index contributed by atoms with van der Waals surface area (Å²) in [4.78, 5) is 14.1. The van der Waals surface area contributed by atoms with E-state index in [1.165, 1.54) is 24.3 Å². The molecule has 0 radical (unpaired) electrons. The number of sulfonamides is 1. The van der Waals surface area contributed by atoms with Crippen molar-refractivity contribution in [1.82, 2.24) is 4.90 Å². The molecular weight excluding hydrogens is 352 g/mol. The van der Waals surface area contributed by atoms with Gasteiger partial charge < -0.3 is 9.64 Å². The van der Waals surface area contributed by atoms with Gasteiger partial charge in [0.15, 0.2) is 0 Å². The van der Waals surface area contributed by atoms with Crippen LogP contribution in [0.15, 0.2) is 53.4 Å². The summed E-state index contributed by atoms with van der Waals surface area (Å²) in [7, 11) is -0.454. The van der Waals surface area contributed by atoms with Crippen molar-refractivity contribution in [2.24, 2.45) is 5.92 Å². The Morgan fingerprint density at radius 2 is 1.65 bits per heavy atom. The van der Waals surface area contributed by atoms with Crippen molar-refractivity contribution >= 4 is 21.6 Å². The monoisotopic (exact) mass is 376 g/mol. The summed E-state index contributed by atoms with van der Waals surface area (Å²) >= 11 is 0.